The summed E-state index contributed by atoms with van der Waals surface area (Å²) >= 11 is 1.51. The van der Waals surface area contributed by atoms with Crippen molar-refractivity contribution in [2.24, 2.45) is 7.05 Å². The Bertz CT molecular complexity index is 810. The van der Waals surface area contributed by atoms with Crippen LogP contribution < -0.4 is 5.32 Å². The first-order valence-electron chi connectivity index (χ1n) is 6.25. The minimum absolute atomic E-state index is 0.134. The highest BCUT2D eigenvalue weighted by Gasteiger charge is 2.19. The van der Waals surface area contributed by atoms with E-state index in [-0.39, 0.29) is 5.56 Å². The third kappa shape index (κ3) is 2.33. The van der Waals surface area contributed by atoms with Crippen LogP contribution >= 0.6 is 11.3 Å². The lowest BCUT2D eigenvalue weighted by Gasteiger charge is -2.10. The molecule has 0 aliphatic heterocycles. The van der Waals surface area contributed by atoms with E-state index in [1.54, 1.807) is 17.9 Å². The van der Waals surface area contributed by atoms with Crippen LogP contribution in [-0.2, 0) is 13.6 Å². The molecular formula is C13H13N5O2S. The van der Waals surface area contributed by atoms with Crippen LogP contribution in [0.5, 0.6) is 0 Å². The molecule has 0 aliphatic rings. The topological polar surface area (TPSA) is 92.9 Å². The second-order valence-corrected chi connectivity index (χ2v) is 5.52. The molecule has 0 aliphatic carbocycles. The second kappa shape index (κ2) is 5.13. The van der Waals surface area contributed by atoms with Gasteiger partial charge in [0.1, 0.15) is 10.6 Å². The highest BCUT2D eigenvalue weighted by atomic mass is 32.1. The highest BCUT2D eigenvalue weighted by Crippen LogP contribution is 2.29. The normalized spacial score (nSPS) is 11.0. The summed E-state index contributed by atoms with van der Waals surface area (Å²) in [6.45, 7) is 2.30. The number of nitrogens with zero attached hydrogens (tertiary/aromatic N) is 4. The van der Waals surface area contributed by atoms with Gasteiger partial charge in [-0.3, -0.25) is 4.68 Å². The van der Waals surface area contributed by atoms with Gasteiger partial charge in [0.05, 0.1) is 23.3 Å². The molecule has 3 aromatic heterocycles. The van der Waals surface area contributed by atoms with Crippen LogP contribution in [0.4, 0.5) is 5.69 Å². The standard InChI is InChI=1S/C13H13N5O2S/c1-7-10-11(15-6-9-14-3-4-21-9)8(13(19)20)5-16-12(10)18(2)17-7/h3-5H,6H2,1-2H3,(H,15,16)(H,19,20). The van der Waals surface area contributed by atoms with Gasteiger partial charge in [0, 0.05) is 24.8 Å². The fourth-order valence-electron chi connectivity index (χ4n) is 2.26. The molecule has 3 heterocycles. The number of carboxylic acid groups (broad SMARTS) is 1. The maximum atomic E-state index is 11.4. The molecule has 0 bridgehead atoms. The van der Waals surface area contributed by atoms with E-state index >= 15 is 0 Å². The average molecular weight is 303 g/mol. The number of fused-ring (bicyclic) bond motifs is 1. The van der Waals surface area contributed by atoms with E-state index in [0.29, 0.717) is 17.9 Å². The summed E-state index contributed by atoms with van der Waals surface area (Å²) in [5.74, 6) is -1.02. The molecule has 0 aromatic carbocycles. The molecular weight excluding hydrogens is 290 g/mol. The number of anilines is 1. The monoisotopic (exact) mass is 303 g/mol. The molecule has 8 heteroatoms. The Morgan fingerprint density at radius 3 is 2.95 bits per heavy atom. The van der Waals surface area contributed by atoms with Gasteiger partial charge < -0.3 is 10.4 Å². The van der Waals surface area contributed by atoms with E-state index in [2.05, 4.69) is 20.4 Å². The highest BCUT2D eigenvalue weighted by molar-refractivity contribution is 7.09. The SMILES string of the molecule is Cc1nn(C)c2ncc(C(=O)O)c(NCc3nccs3)c12. The van der Waals surface area contributed by atoms with E-state index in [4.69, 9.17) is 0 Å². The Hall–Kier alpha value is -2.48. The molecule has 0 saturated heterocycles. The number of aromatic carboxylic acids is 1. The smallest absolute Gasteiger partial charge is 0.339 e. The summed E-state index contributed by atoms with van der Waals surface area (Å²) in [6, 6.07) is 0. The average Bonchev–Trinajstić information content (AvgIpc) is 3.05. The third-order valence-electron chi connectivity index (χ3n) is 3.16. The first-order valence-corrected chi connectivity index (χ1v) is 7.13. The lowest BCUT2D eigenvalue weighted by atomic mass is 10.1. The van der Waals surface area contributed by atoms with Crippen LogP contribution in [0.1, 0.15) is 21.1 Å². The number of thiazole rings is 1. The Kier molecular flexibility index (Phi) is 3.30. The zero-order valence-electron chi connectivity index (χ0n) is 11.5. The zero-order valence-corrected chi connectivity index (χ0v) is 12.3. The molecule has 0 atom stereocenters. The molecule has 2 N–H and O–H groups in total. The fraction of sp³-hybridized carbons (Fsp3) is 0.231. The molecule has 0 saturated carbocycles. The summed E-state index contributed by atoms with van der Waals surface area (Å²) in [5.41, 5.74) is 2.06. The van der Waals surface area contributed by atoms with Crippen molar-refractivity contribution in [1.82, 2.24) is 19.7 Å². The largest absolute Gasteiger partial charge is 0.478 e. The number of carbonyl (C=O) groups is 1. The second-order valence-electron chi connectivity index (χ2n) is 4.54. The van der Waals surface area contributed by atoms with Gasteiger partial charge in [-0.1, -0.05) is 0 Å². The number of aromatic nitrogens is 4. The summed E-state index contributed by atoms with van der Waals surface area (Å²) < 4.78 is 1.64. The molecule has 21 heavy (non-hydrogen) atoms. The predicted octanol–water partition coefficient (Wildman–Crippen LogP) is 2.04. The van der Waals surface area contributed by atoms with Crippen LogP contribution in [0.2, 0.25) is 0 Å². The van der Waals surface area contributed by atoms with Crippen molar-refractivity contribution < 1.29 is 9.90 Å². The lowest BCUT2D eigenvalue weighted by Crippen LogP contribution is -2.08. The van der Waals surface area contributed by atoms with Crippen LogP contribution in [0.25, 0.3) is 11.0 Å². The van der Waals surface area contributed by atoms with E-state index in [1.807, 2.05) is 12.3 Å². The number of aryl methyl sites for hydroxylation is 2. The summed E-state index contributed by atoms with van der Waals surface area (Å²) in [7, 11) is 1.79. The van der Waals surface area contributed by atoms with E-state index in [9.17, 15) is 9.90 Å². The minimum Gasteiger partial charge on any atom is -0.478 e. The number of pyridine rings is 1. The van der Waals surface area contributed by atoms with Gasteiger partial charge in [0.2, 0.25) is 0 Å². The van der Waals surface area contributed by atoms with E-state index in [1.165, 1.54) is 17.5 Å². The maximum Gasteiger partial charge on any atom is 0.339 e. The third-order valence-corrected chi connectivity index (χ3v) is 3.94. The first-order chi connectivity index (χ1) is 10.1. The summed E-state index contributed by atoms with van der Waals surface area (Å²) in [4.78, 5) is 19.8. The number of rotatable bonds is 4. The fourth-order valence-corrected chi connectivity index (χ4v) is 2.82. The molecule has 3 rings (SSSR count). The van der Waals surface area contributed by atoms with Gasteiger partial charge in [0.15, 0.2) is 5.65 Å². The van der Waals surface area contributed by atoms with Crippen molar-refractivity contribution in [3.63, 3.8) is 0 Å². The molecule has 0 amide bonds. The van der Waals surface area contributed by atoms with Gasteiger partial charge >= 0.3 is 5.97 Å². The number of hydrogen-bond donors (Lipinski definition) is 2. The number of nitrogens with one attached hydrogen (secondary N) is 1. The van der Waals surface area contributed by atoms with Gasteiger partial charge in [-0.2, -0.15) is 5.10 Å². The van der Waals surface area contributed by atoms with Gasteiger partial charge in [-0.05, 0) is 6.92 Å². The van der Waals surface area contributed by atoms with Gasteiger partial charge in [-0.25, -0.2) is 14.8 Å². The minimum atomic E-state index is -1.02. The van der Waals surface area contributed by atoms with Crippen molar-refractivity contribution in [2.75, 3.05) is 5.32 Å². The van der Waals surface area contributed by atoms with Gasteiger partial charge in [-0.15, -0.1) is 11.3 Å². The van der Waals surface area contributed by atoms with Crippen LogP contribution in [0.15, 0.2) is 17.8 Å². The molecule has 0 unspecified atom stereocenters. The van der Waals surface area contributed by atoms with E-state index in [0.717, 1.165) is 16.1 Å². The summed E-state index contributed by atoms with van der Waals surface area (Å²) in [6.07, 6.45) is 3.08. The van der Waals surface area contributed by atoms with Crippen molar-refractivity contribution in [1.29, 1.82) is 0 Å². The lowest BCUT2D eigenvalue weighted by molar-refractivity contribution is 0.0697. The zero-order chi connectivity index (χ0) is 15.0. The predicted molar refractivity (Wildman–Crippen MR) is 79.6 cm³/mol. The van der Waals surface area contributed by atoms with Crippen molar-refractivity contribution in [2.45, 2.75) is 13.5 Å². The Morgan fingerprint density at radius 2 is 2.29 bits per heavy atom. The van der Waals surface area contributed by atoms with Gasteiger partial charge in [0.25, 0.3) is 0 Å². The van der Waals surface area contributed by atoms with E-state index < -0.39 is 5.97 Å². The Labute approximate surface area is 124 Å². The van der Waals surface area contributed by atoms with Crippen LogP contribution in [-0.4, -0.2) is 30.8 Å². The molecule has 0 spiro atoms. The van der Waals surface area contributed by atoms with Crippen molar-refractivity contribution >= 4 is 34.0 Å². The molecule has 3 aromatic rings. The first kappa shape index (κ1) is 13.5. The van der Waals surface area contributed by atoms with Crippen molar-refractivity contribution in [3.05, 3.63) is 34.0 Å². The summed E-state index contributed by atoms with van der Waals surface area (Å²) in [5, 5.41) is 20.3. The Morgan fingerprint density at radius 1 is 1.48 bits per heavy atom. The maximum absolute atomic E-state index is 11.4. The van der Waals surface area contributed by atoms with Crippen LogP contribution in [0.3, 0.4) is 0 Å². The molecule has 108 valence electrons. The quantitative estimate of drug-likeness (QED) is 0.766. The number of hydrogen-bond acceptors (Lipinski definition) is 6. The molecule has 7 nitrogen and oxygen atoms in total. The number of carboxylic acids is 1. The molecule has 0 radical (unpaired) electrons. The Balaban J connectivity index is 2.12. The van der Waals surface area contributed by atoms with Crippen molar-refractivity contribution in [3.8, 4) is 0 Å². The van der Waals surface area contributed by atoms with Crippen LogP contribution in [0, 0.1) is 6.92 Å². The molecule has 0 fully saturated rings.